The van der Waals surface area contributed by atoms with Crippen molar-refractivity contribution in [1.82, 2.24) is 4.98 Å². The molecule has 1 heterocycles. The van der Waals surface area contributed by atoms with Crippen molar-refractivity contribution in [1.29, 1.82) is 0 Å². The summed E-state index contributed by atoms with van der Waals surface area (Å²) >= 11 is 1.33. The van der Waals surface area contributed by atoms with E-state index in [1.54, 1.807) is 18.3 Å². The number of nitrogens with one attached hydrogen (secondary N) is 1. The maximum absolute atomic E-state index is 14.1. The molecule has 0 bridgehead atoms. The Hall–Kier alpha value is -3.19. The first-order valence-electron chi connectivity index (χ1n) is 7.95. The summed E-state index contributed by atoms with van der Waals surface area (Å²) in [7, 11) is 1.23. The van der Waals surface area contributed by atoms with Gasteiger partial charge in [-0.15, -0.1) is 0 Å². The van der Waals surface area contributed by atoms with Crippen LogP contribution in [0.15, 0.2) is 76.8 Å². The van der Waals surface area contributed by atoms with Crippen LogP contribution in [-0.2, 0) is 4.74 Å². The quantitative estimate of drug-likeness (QED) is 0.662. The molecule has 0 aliphatic rings. The molecule has 0 saturated heterocycles. The molecule has 5 nitrogen and oxygen atoms in total. The Labute approximate surface area is 159 Å². The number of benzene rings is 2. The van der Waals surface area contributed by atoms with Gasteiger partial charge >= 0.3 is 5.97 Å². The fraction of sp³-hybridized carbons (Fsp3) is 0.0500. The number of ether oxygens (including phenoxy) is 1. The van der Waals surface area contributed by atoms with Gasteiger partial charge in [0.25, 0.3) is 5.91 Å². The Morgan fingerprint density at radius 1 is 1.07 bits per heavy atom. The number of methoxy groups -OCH3 is 1. The molecule has 3 aromatic rings. The van der Waals surface area contributed by atoms with E-state index in [1.165, 1.54) is 31.0 Å². The molecular weight excluding hydrogens is 367 g/mol. The highest BCUT2D eigenvalue weighted by atomic mass is 32.2. The Kier molecular flexibility index (Phi) is 5.83. The number of carbonyl (C=O) groups excluding carboxylic acids is 2. The zero-order valence-electron chi connectivity index (χ0n) is 14.3. The number of pyridine rings is 1. The first kappa shape index (κ1) is 18.6. The van der Waals surface area contributed by atoms with Gasteiger partial charge in [0, 0.05) is 11.1 Å². The molecule has 2 aromatic carbocycles. The van der Waals surface area contributed by atoms with E-state index >= 15 is 0 Å². The van der Waals surface area contributed by atoms with Crippen molar-refractivity contribution in [2.45, 2.75) is 9.92 Å². The normalized spacial score (nSPS) is 10.3. The predicted octanol–water partition coefficient (Wildman–Crippen LogP) is 4.41. The fourth-order valence-corrected chi connectivity index (χ4v) is 3.20. The number of hydrogen-bond donors (Lipinski definition) is 1. The first-order chi connectivity index (χ1) is 13.1. The molecule has 7 heteroatoms. The molecule has 0 fully saturated rings. The molecule has 0 aliphatic carbocycles. The molecular formula is C20H15FN2O3S. The maximum Gasteiger partial charge on any atom is 0.337 e. The van der Waals surface area contributed by atoms with Gasteiger partial charge in [-0.25, -0.2) is 14.2 Å². The molecule has 1 aromatic heterocycles. The average molecular weight is 382 g/mol. The zero-order chi connectivity index (χ0) is 19.2. The summed E-state index contributed by atoms with van der Waals surface area (Å²) in [6.07, 6.45) is 1.58. The smallest absolute Gasteiger partial charge is 0.337 e. The van der Waals surface area contributed by atoms with Crippen LogP contribution in [0.3, 0.4) is 0 Å². The van der Waals surface area contributed by atoms with Crippen molar-refractivity contribution in [3.63, 3.8) is 0 Å². The van der Waals surface area contributed by atoms with E-state index in [9.17, 15) is 14.0 Å². The highest BCUT2D eigenvalue weighted by Gasteiger charge is 2.17. The molecule has 0 unspecified atom stereocenters. The van der Waals surface area contributed by atoms with Crippen LogP contribution in [0.5, 0.6) is 0 Å². The second kappa shape index (κ2) is 8.46. The number of carbonyl (C=O) groups is 2. The summed E-state index contributed by atoms with van der Waals surface area (Å²) < 4.78 is 18.7. The number of rotatable bonds is 5. The third-order valence-electron chi connectivity index (χ3n) is 3.61. The lowest BCUT2D eigenvalue weighted by molar-refractivity contribution is 0.0600. The fourth-order valence-electron chi connectivity index (χ4n) is 2.30. The van der Waals surface area contributed by atoms with Crippen LogP contribution < -0.4 is 5.32 Å². The van der Waals surface area contributed by atoms with E-state index in [4.69, 9.17) is 0 Å². The van der Waals surface area contributed by atoms with Gasteiger partial charge in [0.1, 0.15) is 10.8 Å². The van der Waals surface area contributed by atoms with Gasteiger partial charge in [-0.2, -0.15) is 0 Å². The minimum absolute atomic E-state index is 0.109. The third-order valence-corrected chi connectivity index (χ3v) is 4.64. The molecule has 0 spiro atoms. The van der Waals surface area contributed by atoms with E-state index in [-0.39, 0.29) is 11.3 Å². The monoisotopic (exact) mass is 382 g/mol. The van der Waals surface area contributed by atoms with Crippen molar-refractivity contribution < 1.29 is 18.7 Å². The topological polar surface area (TPSA) is 68.3 Å². The van der Waals surface area contributed by atoms with Crippen molar-refractivity contribution in [2.75, 3.05) is 12.4 Å². The van der Waals surface area contributed by atoms with Gasteiger partial charge in [-0.1, -0.05) is 30.0 Å². The SMILES string of the molecule is COC(=O)c1ccc(F)c(NC(=O)c2cccnc2Sc2ccccc2)c1. The van der Waals surface area contributed by atoms with Crippen LogP contribution in [-0.4, -0.2) is 24.0 Å². The maximum atomic E-state index is 14.1. The number of esters is 1. The summed E-state index contributed by atoms with van der Waals surface area (Å²) in [5, 5.41) is 2.99. The number of halogens is 1. The van der Waals surface area contributed by atoms with Crippen molar-refractivity contribution in [2.24, 2.45) is 0 Å². The van der Waals surface area contributed by atoms with E-state index in [0.717, 1.165) is 11.0 Å². The largest absolute Gasteiger partial charge is 0.465 e. The Balaban J connectivity index is 1.86. The van der Waals surface area contributed by atoms with Gasteiger partial charge in [-0.05, 0) is 42.5 Å². The highest BCUT2D eigenvalue weighted by molar-refractivity contribution is 7.99. The van der Waals surface area contributed by atoms with Gasteiger partial charge in [0.2, 0.25) is 0 Å². The molecule has 0 radical (unpaired) electrons. The average Bonchev–Trinajstić information content (AvgIpc) is 2.70. The third kappa shape index (κ3) is 4.51. The standard InChI is InChI=1S/C20H15FN2O3S/c1-26-20(25)13-9-10-16(21)17(12-13)23-18(24)15-8-5-11-22-19(15)27-14-6-3-2-4-7-14/h2-12H,1H3,(H,23,24). The number of anilines is 1. The summed E-state index contributed by atoms with van der Waals surface area (Å²) in [6.45, 7) is 0. The van der Waals surface area contributed by atoms with Gasteiger partial charge in [0.05, 0.1) is 23.9 Å². The first-order valence-corrected chi connectivity index (χ1v) is 8.77. The van der Waals surface area contributed by atoms with Crippen LogP contribution in [0.2, 0.25) is 0 Å². The van der Waals surface area contributed by atoms with Crippen LogP contribution >= 0.6 is 11.8 Å². The van der Waals surface area contributed by atoms with Crippen LogP contribution in [0.4, 0.5) is 10.1 Å². The number of aromatic nitrogens is 1. The zero-order valence-corrected chi connectivity index (χ0v) is 15.1. The second-order valence-electron chi connectivity index (χ2n) is 5.41. The van der Waals surface area contributed by atoms with Crippen LogP contribution in [0, 0.1) is 5.82 Å². The minimum Gasteiger partial charge on any atom is -0.465 e. The lowest BCUT2D eigenvalue weighted by atomic mass is 10.2. The van der Waals surface area contributed by atoms with E-state index in [0.29, 0.717) is 10.6 Å². The minimum atomic E-state index is -0.655. The lowest BCUT2D eigenvalue weighted by Crippen LogP contribution is -2.15. The van der Waals surface area contributed by atoms with Crippen molar-refractivity contribution in [3.8, 4) is 0 Å². The van der Waals surface area contributed by atoms with Crippen LogP contribution in [0.1, 0.15) is 20.7 Å². The van der Waals surface area contributed by atoms with Gasteiger partial charge in [0.15, 0.2) is 0 Å². The molecule has 0 atom stereocenters. The molecule has 0 aliphatic heterocycles. The Morgan fingerprint density at radius 2 is 1.85 bits per heavy atom. The van der Waals surface area contributed by atoms with Gasteiger partial charge < -0.3 is 10.1 Å². The van der Waals surface area contributed by atoms with Crippen molar-refractivity contribution >= 4 is 29.3 Å². The Bertz CT molecular complexity index is 980. The number of hydrogen-bond acceptors (Lipinski definition) is 5. The number of amides is 1. The molecule has 3 rings (SSSR count). The van der Waals surface area contributed by atoms with E-state index in [2.05, 4.69) is 15.0 Å². The van der Waals surface area contributed by atoms with Crippen molar-refractivity contribution in [3.05, 3.63) is 83.8 Å². The summed E-state index contributed by atoms with van der Waals surface area (Å²) in [5.41, 5.74) is 0.330. The highest BCUT2D eigenvalue weighted by Crippen LogP contribution is 2.29. The number of nitrogens with zero attached hydrogens (tertiary/aromatic N) is 1. The van der Waals surface area contributed by atoms with E-state index < -0.39 is 17.7 Å². The summed E-state index contributed by atoms with van der Waals surface area (Å²) in [6, 6.07) is 16.3. The molecule has 136 valence electrons. The Morgan fingerprint density at radius 3 is 2.59 bits per heavy atom. The summed E-state index contributed by atoms with van der Waals surface area (Å²) in [5.74, 6) is -1.80. The lowest BCUT2D eigenvalue weighted by Gasteiger charge is -2.10. The molecule has 1 amide bonds. The van der Waals surface area contributed by atoms with E-state index in [1.807, 2.05) is 30.3 Å². The van der Waals surface area contributed by atoms with Gasteiger partial charge in [-0.3, -0.25) is 4.79 Å². The second-order valence-corrected chi connectivity index (χ2v) is 6.47. The molecule has 0 saturated carbocycles. The molecule has 1 N–H and O–H groups in total. The molecule has 27 heavy (non-hydrogen) atoms. The van der Waals surface area contributed by atoms with Crippen LogP contribution in [0.25, 0.3) is 0 Å². The predicted molar refractivity (Wildman–Crippen MR) is 100 cm³/mol. The summed E-state index contributed by atoms with van der Waals surface area (Å²) in [4.78, 5) is 29.5.